The molecule has 262 valence electrons. The highest BCUT2D eigenvalue weighted by atomic mass is 15.1. The van der Waals surface area contributed by atoms with Crippen molar-refractivity contribution in [2.75, 3.05) is 4.90 Å². The van der Waals surface area contributed by atoms with Crippen LogP contribution in [0.5, 0.6) is 0 Å². The van der Waals surface area contributed by atoms with Crippen molar-refractivity contribution in [3.05, 3.63) is 218 Å². The summed E-state index contributed by atoms with van der Waals surface area (Å²) in [6.07, 6.45) is 0. The van der Waals surface area contributed by atoms with Gasteiger partial charge in [-0.25, -0.2) is 0 Å². The second-order valence-electron chi connectivity index (χ2n) is 14.5. The Balaban J connectivity index is 1.05. The largest absolute Gasteiger partial charge is 0.310 e. The van der Waals surface area contributed by atoms with Gasteiger partial charge in [0.15, 0.2) is 0 Å². The molecule has 0 aliphatic carbocycles. The van der Waals surface area contributed by atoms with E-state index in [9.17, 15) is 0 Å². The maximum Gasteiger partial charge on any atom is 0.0547 e. The first kappa shape index (κ1) is 32.0. The van der Waals surface area contributed by atoms with Gasteiger partial charge in [0.25, 0.3) is 0 Å². The normalized spacial score (nSPS) is 11.6. The van der Waals surface area contributed by atoms with Crippen LogP contribution in [0.25, 0.3) is 82.4 Å². The summed E-state index contributed by atoms with van der Waals surface area (Å²) in [6, 6.07) is 79.3. The molecule has 0 fully saturated rings. The molecule has 2 heteroatoms. The number of hydrogen-bond donors (Lipinski definition) is 0. The quantitative estimate of drug-likeness (QED) is 0.149. The molecule has 0 unspecified atom stereocenters. The maximum atomic E-state index is 2.47. The molecule has 56 heavy (non-hydrogen) atoms. The van der Waals surface area contributed by atoms with Crippen molar-refractivity contribution < 1.29 is 0 Å². The van der Waals surface area contributed by atoms with Crippen LogP contribution in [0, 0.1) is 0 Å². The molecule has 0 bridgehead atoms. The topological polar surface area (TPSA) is 8.17 Å². The monoisotopic (exact) mass is 712 g/mol. The highest BCUT2D eigenvalue weighted by molar-refractivity contribution is 6.24. The molecule has 0 saturated heterocycles. The smallest absolute Gasteiger partial charge is 0.0547 e. The minimum atomic E-state index is 1.10. The van der Waals surface area contributed by atoms with Gasteiger partial charge in [0.05, 0.1) is 16.7 Å². The van der Waals surface area contributed by atoms with Crippen LogP contribution in [0.4, 0.5) is 17.1 Å². The van der Waals surface area contributed by atoms with Crippen LogP contribution in [-0.4, -0.2) is 4.57 Å². The van der Waals surface area contributed by atoms with Crippen molar-refractivity contribution >= 4 is 60.4 Å². The van der Waals surface area contributed by atoms with Gasteiger partial charge in [0.2, 0.25) is 0 Å². The van der Waals surface area contributed by atoms with Crippen molar-refractivity contribution in [3.8, 4) is 39.1 Å². The predicted molar refractivity (Wildman–Crippen MR) is 238 cm³/mol. The molecule has 0 amide bonds. The van der Waals surface area contributed by atoms with Gasteiger partial charge in [-0.15, -0.1) is 0 Å². The fraction of sp³-hybridized carbons (Fsp3) is 0. The number of aromatic nitrogens is 1. The number of anilines is 3. The highest BCUT2D eigenvalue weighted by Crippen LogP contribution is 2.43. The number of benzene rings is 10. The maximum absolute atomic E-state index is 2.47. The van der Waals surface area contributed by atoms with Crippen molar-refractivity contribution in [2.24, 2.45) is 0 Å². The molecular formula is C54H36N2. The van der Waals surface area contributed by atoms with E-state index < -0.39 is 0 Å². The van der Waals surface area contributed by atoms with E-state index in [1.54, 1.807) is 0 Å². The van der Waals surface area contributed by atoms with E-state index in [0.717, 1.165) is 17.1 Å². The third-order valence-electron chi connectivity index (χ3n) is 11.3. The molecule has 0 aliphatic rings. The van der Waals surface area contributed by atoms with E-state index in [1.165, 1.54) is 82.4 Å². The van der Waals surface area contributed by atoms with Crippen molar-refractivity contribution in [1.29, 1.82) is 0 Å². The zero-order valence-corrected chi connectivity index (χ0v) is 30.7. The van der Waals surface area contributed by atoms with E-state index >= 15 is 0 Å². The highest BCUT2D eigenvalue weighted by Gasteiger charge is 2.19. The van der Waals surface area contributed by atoms with Gasteiger partial charge >= 0.3 is 0 Å². The Morgan fingerprint density at radius 2 is 0.786 bits per heavy atom. The van der Waals surface area contributed by atoms with Crippen LogP contribution in [0.3, 0.4) is 0 Å². The van der Waals surface area contributed by atoms with Gasteiger partial charge in [-0.1, -0.05) is 164 Å². The Hall–Kier alpha value is -7.42. The van der Waals surface area contributed by atoms with Crippen LogP contribution >= 0.6 is 0 Å². The fourth-order valence-electron chi connectivity index (χ4n) is 8.75. The Morgan fingerprint density at radius 1 is 0.304 bits per heavy atom. The molecule has 11 aromatic rings. The Kier molecular flexibility index (Phi) is 7.53. The Morgan fingerprint density at radius 3 is 1.38 bits per heavy atom. The molecule has 0 spiro atoms. The number of hydrogen-bond acceptors (Lipinski definition) is 1. The van der Waals surface area contributed by atoms with Gasteiger partial charge in [0, 0.05) is 33.2 Å². The standard InChI is InChI=1S/C54H36N2/c1-3-12-37(13-4-1)39-28-32-44(33-29-39)55(45-34-30-40(31-35-45)38-14-5-2-6-15-38)46-19-7-18-43(36-46)47-20-10-22-49-48(47)21-11-23-50(49)56-51-24-8-16-41-26-27-42-17-9-25-52(56)54(42)53(41)51/h1-36H. The molecule has 2 nitrogen and oxygen atoms in total. The van der Waals surface area contributed by atoms with Crippen LogP contribution in [0.1, 0.15) is 0 Å². The van der Waals surface area contributed by atoms with Gasteiger partial charge in [-0.3, -0.25) is 0 Å². The Labute approximate surface area is 326 Å². The predicted octanol–water partition coefficient (Wildman–Crippen LogP) is 15.0. The SMILES string of the molecule is c1ccc(-c2ccc(N(c3ccc(-c4ccccc4)cc3)c3cccc(-c4cccc5c(-n6c7cccc8ccc9cccc6c9c87)cccc45)c3)cc2)cc1. The van der Waals surface area contributed by atoms with Gasteiger partial charge in [-0.05, 0) is 104 Å². The zero-order chi connectivity index (χ0) is 37.0. The summed E-state index contributed by atoms with van der Waals surface area (Å²) in [5.74, 6) is 0. The van der Waals surface area contributed by atoms with E-state index in [2.05, 4.69) is 228 Å². The summed E-state index contributed by atoms with van der Waals surface area (Å²) in [5, 5.41) is 7.66. The molecule has 0 N–H and O–H groups in total. The van der Waals surface area contributed by atoms with Crippen molar-refractivity contribution in [3.63, 3.8) is 0 Å². The van der Waals surface area contributed by atoms with E-state index in [4.69, 9.17) is 0 Å². The molecular weight excluding hydrogens is 677 g/mol. The van der Waals surface area contributed by atoms with Crippen molar-refractivity contribution in [1.82, 2.24) is 4.57 Å². The summed E-state index contributed by atoms with van der Waals surface area (Å²) < 4.78 is 2.47. The third-order valence-corrected chi connectivity index (χ3v) is 11.3. The lowest BCUT2D eigenvalue weighted by atomic mass is 9.96. The molecule has 0 saturated carbocycles. The zero-order valence-electron chi connectivity index (χ0n) is 30.7. The summed E-state index contributed by atoms with van der Waals surface area (Å²) in [4.78, 5) is 2.37. The number of rotatable bonds is 7. The first-order chi connectivity index (χ1) is 27.8. The first-order valence-corrected chi connectivity index (χ1v) is 19.3. The van der Waals surface area contributed by atoms with Crippen LogP contribution in [0.2, 0.25) is 0 Å². The lowest BCUT2D eigenvalue weighted by Gasteiger charge is -2.26. The second-order valence-corrected chi connectivity index (χ2v) is 14.5. The lowest BCUT2D eigenvalue weighted by molar-refractivity contribution is 1.20. The molecule has 0 radical (unpaired) electrons. The molecule has 1 heterocycles. The summed E-state index contributed by atoms with van der Waals surface area (Å²) >= 11 is 0. The van der Waals surface area contributed by atoms with Crippen LogP contribution < -0.4 is 4.90 Å². The summed E-state index contributed by atoms with van der Waals surface area (Å²) in [7, 11) is 0. The summed E-state index contributed by atoms with van der Waals surface area (Å²) in [6.45, 7) is 0. The molecule has 10 aromatic carbocycles. The minimum Gasteiger partial charge on any atom is -0.310 e. The molecule has 0 aliphatic heterocycles. The van der Waals surface area contributed by atoms with Gasteiger partial charge in [0.1, 0.15) is 0 Å². The minimum absolute atomic E-state index is 1.10. The van der Waals surface area contributed by atoms with Crippen LogP contribution in [-0.2, 0) is 0 Å². The fourth-order valence-corrected chi connectivity index (χ4v) is 8.75. The van der Waals surface area contributed by atoms with E-state index in [-0.39, 0.29) is 0 Å². The molecule has 0 atom stereocenters. The molecule has 1 aromatic heterocycles. The van der Waals surface area contributed by atoms with Crippen LogP contribution in [0.15, 0.2) is 218 Å². The second kappa shape index (κ2) is 13.2. The molecule has 11 rings (SSSR count). The Bertz CT molecular complexity index is 3010. The van der Waals surface area contributed by atoms with Gasteiger partial charge < -0.3 is 9.47 Å². The lowest BCUT2D eigenvalue weighted by Crippen LogP contribution is -2.10. The van der Waals surface area contributed by atoms with Crippen molar-refractivity contribution in [2.45, 2.75) is 0 Å². The average molecular weight is 713 g/mol. The third kappa shape index (κ3) is 5.26. The van der Waals surface area contributed by atoms with Gasteiger partial charge in [-0.2, -0.15) is 0 Å². The van der Waals surface area contributed by atoms with E-state index in [0.29, 0.717) is 0 Å². The summed E-state index contributed by atoms with van der Waals surface area (Å²) in [5.41, 5.74) is 14.2. The van der Waals surface area contributed by atoms with E-state index in [1.807, 2.05) is 0 Å². The number of nitrogens with zero attached hydrogens (tertiary/aromatic N) is 2. The average Bonchev–Trinajstić information content (AvgIpc) is 3.62. The number of fused-ring (bicyclic) bond motifs is 1. The first-order valence-electron chi connectivity index (χ1n) is 19.3.